The molecule has 2 heterocycles. The molecule has 3 rings (SSSR count). The van der Waals surface area contributed by atoms with Crippen LogP contribution in [0.25, 0.3) is 10.8 Å². The van der Waals surface area contributed by atoms with Gasteiger partial charge in [0.05, 0.1) is 14.0 Å². The van der Waals surface area contributed by atoms with Gasteiger partial charge in [-0.1, -0.05) is 18.2 Å². The number of hydrogen-bond donors (Lipinski definition) is 3. The minimum atomic E-state index is -0.697. The van der Waals surface area contributed by atoms with Crippen molar-refractivity contribution < 1.29 is 14.4 Å². The van der Waals surface area contributed by atoms with Crippen LogP contribution in [0.15, 0.2) is 45.0 Å². The summed E-state index contributed by atoms with van der Waals surface area (Å²) in [4.78, 5) is 50.1. The maximum Gasteiger partial charge on any atom is 0.290 e. The summed E-state index contributed by atoms with van der Waals surface area (Å²) < 4.78 is 0.807. The number of nitrogens with zero attached hydrogens (tertiary/aromatic N) is 2. The summed E-state index contributed by atoms with van der Waals surface area (Å²) in [6.45, 7) is -0.256. The largest absolute Gasteiger partial charge is 0.332 e. The summed E-state index contributed by atoms with van der Waals surface area (Å²) in [5.41, 5.74) is 4.01. The smallest absolute Gasteiger partial charge is 0.290 e. The van der Waals surface area contributed by atoms with Crippen LogP contribution in [0.2, 0.25) is 0 Å². The second-order valence-corrected chi connectivity index (χ2v) is 8.18. The zero-order valence-corrected chi connectivity index (χ0v) is 16.9. The Morgan fingerprint density at radius 3 is 2.54 bits per heavy atom. The first-order valence-corrected chi connectivity index (χ1v) is 9.55. The molecule has 0 aliphatic rings. The first-order chi connectivity index (χ1) is 13.4. The Bertz CT molecular complexity index is 1130. The van der Waals surface area contributed by atoms with Crippen molar-refractivity contribution >= 4 is 55.8 Å². The SMILES string of the molecule is CN(CC(=O)NNC(=O)c1n[nH]c(=O)c2ccccc12)C(=O)c1ccc(Br)s1. The van der Waals surface area contributed by atoms with Crippen LogP contribution >= 0.6 is 27.3 Å². The van der Waals surface area contributed by atoms with Crippen LogP contribution in [0.4, 0.5) is 0 Å². The van der Waals surface area contributed by atoms with Gasteiger partial charge >= 0.3 is 0 Å². The third kappa shape index (κ3) is 4.26. The van der Waals surface area contributed by atoms with Gasteiger partial charge in [0.1, 0.15) is 6.54 Å². The molecule has 3 aromatic rings. The van der Waals surface area contributed by atoms with Crippen molar-refractivity contribution in [3.8, 4) is 0 Å². The van der Waals surface area contributed by atoms with E-state index in [1.165, 1.54) is 23.3 Å². The maximum absolute atomic E-state index is 12.3. The second-order valence-electron chi connectivity index (χ2n) is 5.71. The molecule has 0 saturated carbocycles. The molecule has 0 aliphatic heterocycles. The monoisotopic (exact) mass is 463 g/mol. The summed E-state index contributed by atoms with van der Waals surface area (Å²) in [6.07, 6.45) is 0. The quantitative estimate of drug-likeness (QED) is 0.502. The van der Waals surface area contributed by atoms with Crippen LogP contribution in [0, 0.1) is 0 Å². The summed E-state index contributed by atoms with van der Waals surface area (Å²) in [7, 11) is 1.48. The van der Waals surface area contributed by atoms with E-state index >= 15 is 0 Å². The Hall–Kier alpha value is -3.05. The molecule has 28 heavy (non-hydrogen) atoms. The highest BCUT2D eigenvalue weighted by Crippen LogP contribution is 2.22. The van der Waals surface area contributed by atoms with Crippen molar-refractivity contribution in [2.24, 2.45) is 0 Å². The van der Waals surface area contributed by atoms with Gasteiger partial charge in [-0.3, -0.25) is 30.0 Å². The van der Waals surface area contributed by atoms with Crippen LogP contribution in [-0.2, 0) is 4.79 Å². The lowest BCUT2D eigenvalue weighted by Crippen LogP contribution is -2.47. The first kappa shape index (κ1) is 19.7. The summed E-state index contributed by atoms with van der Waals surface area (Å²) in [6, 6.07) is 9.88. The third-order valence-electron chi connectivity index (χ3n) is 3.74. The third-order valence-corrected chi connectivity index (χ3v) is 5.35. The molecule has 11 heteroatoms. The fourth-order valence-electron chi connectivity index (χ4n) is 2.42. The number of likely N-dealkylation sites (N-methyl/N-ethyl adjacent to an activating group) is 1. The molecule has 0 saturated heterocycles. The van der Waals surface area contributed by atoms with Crippen molar-refractivity contribution in [2.75, 3.05) is 13.6 Å². The fourth-order valence-corrected chi connectivity index (χ4v) is 3.80. The Kier molecular flexibility index (Phi) is 5.85. The Morgan fingerprint density at radius 2 is 1.86 bits per heavy atom. The predicted octanol–water partition coefficient (Wildman–Crippen LogP) is 1.28. The van der Waals surface area contributed by atoms with E-state index in [2.05, 4.69) is 37.0 Å². The highest BCUT2D eigenvalue weighted by atomic mass is 79.9. The number of aromatic amines is 1. The van der Waals surface area contributed by atoms with Gasteiger partial charge in [0.2, 0.25) is 0 Å². The van der Waals surface area contributed by atoms with E-state index in [0.29, 0.717) is 15.6 Å². The standard InChI is InChI=1S/C17H14BrN5O4S/c1-23(17(27)11-6-7-12(18)28-11)8-13(24)19-22-16(26)14-9-4-2-3-5-10(9)15(25)21-20-14/h2-7H,8H2,1H3,(H,19,24)(H,21,25)(H,22,26). The number of benzene rings is 1. The van der Waals surface area contributed by atoms with Crippen molar-refractivity contribution in [3.05, 3.63) is 61.1 Å². The number of rotatable bonds is 4. The molecule has 9 nitrogen and oxygen atoms in total. The number of carbonyl (C=O) groups excluding carboxylic acids is 3. The maximum atomic E-state index is 12.3. The Morgan fingerprint density at radius 1 is 1.14 bits per heavy atom. The van der Waals surface area contributed by atoms with Crippen LogP contribution in [0.1, 0.15) is 20.2 Å². The molecule has 1 aromatic carbocycles. The zero-order valence-electron chi connectivity index (χ0n) is 14.5. The molecule has 0 bridgehead atoms. The minimum Gasteiger partial charge on any atom is -0.332 e. The molecule has 0 unspecified atom stereocenters. The summed E-state index contributed by atoms with van der Waals surface area (Å²) in [5, 5.41) is 6.65. The van der Waals surface area contributed by atoms with E-state index in [9.17, 15) is 19.2 Å². The molecule has 0 fully saturated rings. The van der Waals surface area contributed by atoms with Crippen LogP contribution < -0.4 is 16.4 Å². The molecule has 144 valence electrons. The summed E-state index contributed by atoms with van der Waals surface area (Å²) >= 11 is 4.53. The van der Waals surface area contributed by atoms with Crippen molar-refractivity contribution in [2.45, 2.75) is 0 Å². The average Bonchev–Trinajstić information content (AvgIpc) is 3.12. The topological polar surface area (TPSA) is 124 Å². The highest BCUT2D eigenvalue weighted by molar-refractivity contribution is 9.11. The van der Waals surface area contributed by atoms with E-state index in [-0.39, 0.29) is 18.1 Å². The van der Waals surface area contributed by atoms with E-state index in [4.69, 9.17) is 0 Å². The highest BCUT2D eigenvalue weighted by Gasteiger charge is 2.18. The van der Waals surface area contributed by atoms with Gasteiger partial charge < -0.3 is 4.90 Å². The normalized spacial score (nSPS) is 10.5. The number of fused-ring (bicyclic) bond motifs is 1. The summed E-state index contributed by atoms with van der Waals surface area (Å²) in [5.74, 6) is -1.60. The van der Waals surface area contributed by atoms with E-state index in [1.807, 2.05) is 0 Å². The lowest BCUT2D eigenvalue weighted by atomic mass is 10.1. The van der Waals surface area contributed by atoms with Crippen LogP contribution in [-0.4, -0.2) is 46.4 Å². The van der Waals surface area contributed by atoms with Gasteiger partial charge in [0, 0.05) is 12.4 Å². The molecule has 2 aromatic heterocycles. The lowest BCUT2D eigenvalue weighted by molar-refractivity contribution is -0.122. The van der Waals surface area contributed by atoms with E-state index < -0.39 is 17.4 Å². The molecule has 3 amide bonds. The van der Waals surface area contributed by atoms with Crippen molar-refractivity contribution in [3.63, 3.8) is 0 Å². The van der Waals surface area contributed by atoms with Gasteiger partial charge in [0.15, 0.2) is 5.69 Å². The number of thiophene rings is 1. The number of carbonyl (C=O) groups is 3. The number of halogens is 1. The lowest BCUT2D eigenvalue weighted by Gasteiger charge is -2.16. The zero-order chi connectivity index (χ0) is 20.3. The molecular formula is C17H14BrN5O4S. The molecular weight excluding hydrogens is 450 g/mol. The van der Waals surface area contributed by atoms with E-state index in [0.717, 1.165) is 3.79 Å². The van der Waals surface area contributed by atoms with Crippen molar-refractivity contribution in [1.29, 1.82) is 0 Å². The number of aromatic nitrogens is 2. The van der Waals surface area contributed by atoms with Gasteiger partial charge in [0.25, 0.3) is 23.3 Å². The van der Waals surface area contributed by atoms with E-state index in [1.54, 1.807) is 36.4 Å². The Balaban J connectivity index is 1.62. The number of amides is 3. The number of hydrazine groups is 1. The second kappa shape index (κ2) is 8.31. The van der Waals surface area contributed by atoms with Gasteiger partial charge in [-0.05, 0) is 34.1 Å². The molecule has 3 N–H and O–H groups in total. The number of H-pyrrole nitrogens is 1. The van der Waals surface area contributed by atoms with Crippen molar-refractivity contribution in [1.82, 2.24) is 25.9 Å². The van der Waals surface area contributed by atoms with Crippen LogP contribution in [0.5, 0.6) is 0 Å². The van der Waals surface area contributed by atoms with Gasteiger partial charge in [-0.25, -0.2) is 5.10 Å². The predicted molar refractivity (Wildman–Crippen MR) is 107 cm³/mol. The molecule has 0 radical (unpaired) electrons. The first-order valence-electron chi connectivity index (χ1n) is 7.94. The molecule has 0 spiro atoms. The van der Waals surface area contributed by atoms with Gasteiger partial charge in [-0.15, -0.1) is 11.3 Å². The minimum absolute atomic E-state index is 0.0385. The number of hydrogen-bond acceptors (Lipinski definition) is 6. The van der Waals surface area contributed by atoms with Crippen LogP contribution in [0.3, 0.4) is 0 Å². The fraction of sp³-hybridized carbons (Fsp3) is 0.118. The van der Waals surface area contributed by atoms with Gasteiger partial charge in [-0.2, -0.15) is 5.10 Å². The molecule has 0 atom stereocenters. The average molecular weight is 464 g/mol. The Labute approximate surface area is 170 Å². The molecule has 0 aliphatic carbocycles. The number of nitrogens with one attached hydrogen (secondary N) is 3.